The van der Waals surface area contributed by atoms with E-state index in [4.69, 9.17) is 0 Å². The first-order valence-corrected chi connectivity index (χ1v) is 8.36. The van der Waals surface area contributed by atoms with E-state index in [1.165, 1.54) is 0 Å². The van der Waals surface area contributed by atoms with Crippen molar-refractivity contribution in [3.8, 4) is 0 Å². The first-order valence-electron chi connectivity index (χ1n) is 8.36. The Morgan fingerprint density at radius 2 is 1.62 bits per heavy atom. The number of hydrogen-bond donors (Lipinski definition) is 0. The number of rotatable bonds is 2. The number of nitrogens with zero attached hydrogens (tertiary/aromatic N) is 7. The molecular formula is C17H21N7. The molecule has 0 unspecified atom stereocenters. The zero-order valence-electron chi connectivity index (χ0n) is 14.3. The molecule has 3 aromatic heterocycles. The van der Waals surface area contributed by atoms with Gasteiger partial charge in [-0.3, -0.25) is 0 Å². The summed E-state index contributed by atoms with van der Waals surface area (Å²) in [4.78, 5) is 11.4. The van der Waals surface area contributed by atoms with Gasteiger partial charge in [0.15, 0.2) is 11.5 Å². The molecule has 4 heterocycles. The highest BCUT2D eigenvalue weighted by molar-refractivity contribution is 5.37. The smallest absolute Gasteiger partial charge is 0.225 e. The summed E-state index contributed by atoms with van der Waals surface area (Å²) in [6.45, 7) is 7.87. The van der Waals surface area contributed by atoms with Crippen LogP contribution in [0.5, 0.6) is 0 Å². The number of anilines is 1. The van der Waals surface area contributed by atoms with E-state index in [1.54, 1.807) is 0 Å². The van der Waals surface area contributed by atoms with Crippen molar-refractivity contribution >= 4 is 11.6 Å². The minimum Gasteiger partial charge on any atom is -0.341 e. The van der Waals surface area contributed by atoms with Gasteiger partial charge < -0.3 is 4.90 Å². The quantitative estimate of drug-likeness (QED) is 0.720. The Kier molecular flexibility index (Phi) is 3.63. The van der Waals surface area contributed by atoms with Crippen LogP contribution in [0, 0.1) is 20.8 Å². The first-order chi connectivity index (χ1) is 11.6. The van der Waals surface area contributed by atoms with E-state index in [-0.39, 0.29) is 0 Å². The van der Waals surface area contributed by atoms with E-state index in [9.17, 15) is 0 Å². The lowest BCUT2D eigenvalue weighted by atomic mass is 9.96. The van der Waals surface area contributed by atoms with Crippen LogP contribution in [0.25, 0.3) is 5.65 Å². The number of fused-ring (bicyclic) bond motifs is 1. The van der Waals surface area contributed by atoms with Crippen LogP contribution in [-0.2, 0) is 0 Å². The van der Waals surface area contributed by atoms with Gasteiger partial charge in [0.2, 0.25) is 5.95 Å². The van der Waals surface area contributed by atoms with Gasteiger partial charge in [-0.1, -0.05) is 0 Å². The molecule has 0 aromatic carbocycles. The Hall–Kier alpha value is -2.57. The molecule has 0 aliphatic carbocycles. The number of aryl methyl sites for hydroxylation is 3. The second-order valence-corrected chi connectivity index (χ2v) is 6.51. The number of piperidine rings is 1. The molecule has 0 atom stereocenters. The molecule has 4 rings (SSSR count). The van der Waals surface area contributed by atoms with Gasteiger partial charge in [-0.15, -0.1) is 10.2 Å². The molecule has 7 nitrogen and oxygen atoms in total. The molecule has 0 radical (unpaired) electrons. The maximum Gasteiger partial charge on any atom is 0.225 e. The maximum absolute atomic E-state index is 4.58. The molecule has 0 bridgehead atoms. The highest BCUT2D eigenvalue weighted by Crippen LogP contribution is 2.28. The Balaban J connectivity index is 1.54. The second-order valence-electron chi connectivity index (χ2n) is 6.51. The fourth-order valence-electron chi connectivity index (χ4n) is 3.34. The van der Waals surface area contributed by atoms with Crippen LogP contribution in [0.2, 0.25) is 0 Å². The molecule has 0 amide bonds. The third-order valence-electron chi connectivity index (χ3n) is 4.53. The molecule has 24 heavy (non-hydrogen) atoms. The molecule has 3 aromatic rings. The Morgan fingerprint density at radius 3 is 2.33 bits per heavy atom. The normalized spacial score (nSPS) is 16.0. The van der Waals surface area contributed by atoms with E-state index in [1.807, 2.05) is 43.5 Å². The molecule has 1 aliphatic rings. The minimum absolute atomic E-state index is 0.372. The van der Waals surface area contributed by atoms with Crippen LogP contribution in [0.1, 0.15) is 41.7 Å². The fourth-order valence-corrected chi connectivity index (χ4v) is 3.34. The average molecular weight is 323 g/mol. The summed E-state index contributed by atoms with van der Waals surface area (Å²) in [5.41, 5.74) is 3.82. The average Bonchev–Trinajstić information content (AvgIpc) is 2.97. The standard InChI is InChI=1S/C17H21N7/c1-11-4-5-15-20-21-16(24(15)22-11)14-6-8-23(9-7-14)17-18-12(2)10-13(3)19-17/h4-5,10,14H,6-9H2,1-3H3. The highest BCUT2D eigenvalue weighted by atomic mass is 15.4. The van der Waals surface area contributed by atoms with Gasteiger partial charge in [0, 0.05) is 30.4 Å². The predicted molar refractivity (Wildman–Crippen MR) is 91.2 cm³/mol. The van der Waals surface area contributed by atoms with Crippen molar-refractivity contribution in [2.45, 2.75) is 39.5 Å². The molecule has 124 valence electrons. The van der Waals surface area contributed by atoms with Crippen molar-refractivity contribution in [3.05, 3.63) is 41.1 Å². The summed E-state index contributed by atoms with van der Waals surface area (Å²) in [5, 5.41) is 13.2. The van der Waals surface area contributed by atoms with Crippen LogP contribution in [0.15, 0.2) is 18.2 Å². The molecular weight excluding hydrogens is 302 g/mol. The van der Waals surface area contributed by atoms with Gasteiger partial charge in [-0.2, -0.15) is 9.61 Å². The van der Waals surface area contributed by atoms with Gasteiger partial charge >= 0.3 is 0 Å². The Labute approximate surface area is 140 Å². The topological polar surface area (TPSA) is 72.1 Å². The predicted octanol–water partition coefficient (Wildman–Crippen LogP) is 2.22. The van der Waals surface area contributed by atoms with Crippen molar-refractivity contribution in [1.82, 2.24) is 29.8 Å². The van der Waals surface area contributed by atoms with Crippen LogP contribution in [0.4, 0.5) is 5.95 Å². The SMILES string of the molecule is Cc1cc(C)nc(N2CCC(c3nnc4ccc(C)nn34)CC2)n1. The molecule has 1 saturated heterocycles. The lowest BCUT2D eigenvalue weighted by Crippen LogP contribution is -2.35. The van der Waals surface area contributed by atoms with Gasteiger partial charge in [0.25, 0.3) is 0 Å². The number of hydrogen-bond acceptors (Lipinski definition) is 6. The van der Waals surface area contributed by atoms with E-state index < -0.39 is 0 Å². The summed E-state index contributed by atoms with van der Waals surface area (Å²) < 4.78 is 1.89. The molecule has 0 N–H and O–H groups in total. The summed E-state index contributed by atoms with van der Waals surface area (Å²) in [5.74, 6) is 2.18. The van der Waals surface area contributed by atoms with Gasteiger partial charge in [-0.05, 0) is 51.8 Å². The zero-order valence-corrected chi connectivity index (χ0v) is 14.3. The summed E-state index contributed by atoms with van der Waals surface area (Å²) in [6, 6.07) is 5.94. The zero-order chi connectivity index (χ0) is 16.7. The van der Waals surface area contributed by atoms with Gasteiger partial charge in [0.05, 0.1) is 5.69 Å². The van der Waals surface area contributed by atoms with Crippen LogP contribution < -0.4 is 4.90 Å². The lowest BCUT2D eigenvalue weighted by Gasteiger charge is -2.31. The van der Waals surface area contributed by atoms with Crippen molar-refractivity contribution in [2.24, 2.45) is 0 Å². The highest BCUT2D eigenvalue weighted by Gasteiger charge is 2.26. The molecule has 1 fully saturated rings. The Bertz CT molecular complexity index is 858. The molecule has 1 aliphatic heterocycles. The third kappa shape index (κ3) is 2.70. The van der Waals surface area contributed by atoms with E-state index >= 15 is 0 Å². The monoisotopic (exact) mass is 323 g/mol. The van der Waals surface area contributed by atoms with Crippen LogP contribution in [-0.4, -0.2) is 42.9 Å². The second kappa shape index (κ2) is 5.81. The van der Waals surface area contributed by atoms with Crippen LogP contribution >= 0.6 is 0 Å². The largest absolute Gasteiger partial charge is 0.341 e. The lowest BCUT2D eigenvalue weighted by molar-refractivity contribution is 0.472. The molecule has 0 saturated carbocycles. The summed E-state index contributed by atoms with van der Waals surface area (Å²) in [6.07, 6.45) is 2.01. The first kappa shape index (κ1) is 15.0. The van der Waals surface area contributed by atoms with E-state index in [0.29, 0.717) is 5.92 Å². The minimum atomic E-state index is 0.372. The third-order valence-corrected chi connectivity index (χ3v) is 4.53. The summed E-state index contributed by atoms with van der Waals surface area (Å²) >= 11 is 0. The van der Waals surface area contributed by atoms with E-state index in [2.05, 4.69) is 30.2 Å². The fraction of sp³-hybridized carbons (Fsp3) is 0.471. The van der Waals surface area contributed by atoms with E-state index in [0.717, 1.165) is 60.4 Å². The summed E-state index contributed by atoms with van der Waals surface area (Å²) in [7, 11) is 0. The van der Waals surface area contributed by atoms with Crippen molar-refractivity contribution < 1.29 is 0 Å². The maximum atomic E-state index is 4.58. The van der Waals surface area contributed by atoms with Gasteiger partial charge in [-0.25, -0.2) is 9.97 Å². The molecule has 7 heteroatoms. The van der Waals surface area contributed by atoms with Crippen LogP contribution in [0.3, 0.4) is 0 Å². The van der Waals surface area contributed by atoms with Crippen molar-refractivity contribution in [1.29, 1.82) is 0 Å². The van der Waals surface area contributed by atoms with Crippen molar-refractivity contribution in [3.63, 3.8) is 0 Å². The van der Waals surface area contributed by atoms with Gasteiger partial charge in [0.1, 0.15) is 0 Å². The number of aromatic nitrogens is 6. The van der Waals surface area contributed by atoms with Crippen molar-refractivity contribution in [2.75, 3.05) is 18.0 Å². The molecule has 0 spiro atoms. The Morgan fingerprint density at radius 1 is 0.917 bits per heavy atom.